The van der Waals surface area contributed by atoms with Crippen LogP contribution in [0.25, 0.3) is 0 Å². The van der Waals surface area contributed by atoms with Gasteiger partial charge in [-0.25, -0.2) is 0 Å². The van der Waals surface area contributed by atoms with E-state index in [1.807, 2.05) is 0 Å². The molecular weight excluding hydrogens is 316 g/mol. The number of benzene rings is 1. The lowest BCUT2D eigenvalue weighted by atomic mass is 10.3. The average Bonchev–Trinajstić information content (AvgIpc) is 2.41. The Kier molecular flexibility index (Phi) is 3.96. The predicted molar refractivity (Wildman–Crippen MR) is 71.7 cm³/mol. The minimum Gasteiger partial charge on any atom is -0.493 e. The first-order valence-electron chi connectivity index (χ1n) is 5.21. The van der Waals surface area contributed by atoms with E-state index in [1.54, 1.807) is 18.5 Å². The van der Waals surface area contributed by atoms with Gasteiger partial charge in [0.15, 0.2) is 11.5 Å². The van der Waals surface area contributed by atoms with Gasteiger partial charge in [0, 0.05) is 24.5 Å². The van der Waals surface area contributed by atoms with Crippen LogP contribution < -0.4 is 9.47 Å². The van der Waals surface area contributed by atoms with Crippen molar-refractivity contribution < 1.29 is 14.4 Å². The van der Waals surface area contributed by atoms with E-state index in [1.165, 1.54) is 25.3 Å². The van der Waals surface area contributed by atoms with Crippen molar-refractivity contribution in [2.24, 2.45) is 0 Å². The fourth-order valence-corrected chi connectivity index (χ4v) is 1.75. The van der Waals surface area contributed by atoms with E-state index < -0.39 is 4.92 Å². The van der Waals surface area contributed by atoms with Crippen molar-refractivity contribution in [2.45, 2.75) is 0 Å². The van der Waals surface area contributed by atoms with Gasteiger partial charge in [0.2, 0.25) is 0 Å². The van der Waals surface area contributed by atoms with Crippen LogP contribution >= 0.6 is 15.9 Å². The fraction of sp³-hybridized carbons (Fsp3) is 0.0833. The van der Waals surface area contributed by atoms with E-state index in [2.05, 4.69) is 20.9 Å². The molecule has 2 rings (SSSR count). The van der Waals surface area contributed by atoms with Crippen LogP contribution in [0.15, 0.2) is 41.1 Å². The van der Waals surface area contributed by atoms with Crippen LogP contribution in [-0.4, -0.2) is 17.0 Å². The Morgan fingerprint density at radius 1 is 1.26 bits per heavy atom. The molecule has 0 N–H and O–H groups in total. The van der Waals surface area contributed by atoms with Crippen molar-refractivity contribution >= 4 is 21.6 Å². The summed E-state index contributed by atoms with van der Waals surface area (Å²) in [6, 6.07) is 5.83. The Morgan fingerprint density at radius 3 is 2.68 bits per heavy atom. The van der Waals surface area contributed by atoms with Gasteiger partial charge in [0.25, 0.3) is 5.69 Å². The van der Waals surface area contributed by atoms with Crippen molar-refractivity contribution in [3.05, 3.63) is 51.2 Å². The number of hydrogen-bond donors (Lipinski definition) is 0. The van der Waals surface area contributed by atoms with Gasteiger partial charge in [0.05, 0.1) is 22.6 Å². The lowest BCUT2D eigenvalue weighted by Crippen LogP contribution is -1.94. The van der Waals surface area contributed by atoms with E-state index in [4.69, 9.17) is 9.47 Å². The Balaban J connectivity index is 2.35. The largest absolute Gasteiger partial charge is 0.493 e. The highest BCUT2D eigenvalue weighted by atomic mass is 79.9. The Bertz CT molecular complexity index is 618. The van der Waals surface area contributed by atoms with Crippen molar-refractivity contribution in [3.8, 4) is 17.2 Å². The summed E-state index contributed by atoms with van der Waals surface area (Å²) in [5, 5.41) is 10.7. The van der Waals surface area contributed by atoms with Crippen molar-refractivity contribution in [2.75, 3.05) is 7.11 Å². The third-order valence-electron chi connectivity index (χ3n) is 2.31. The van der Waals surface area contributed by atoms with E-state index in [9.17, 15) is 10.1 Å². The molecule has 0 aliphatic heterocycles. The summed E-state index contributed by atoms with van der Waals surface area (Å²) in [5.41, 5.74) is -0.0574. The first-order valence-corrected chi connectivity index (χ1v) is 6.01. The monoisotopic (exact) mass is 324 g/mol. The minimum absolute atomic E-state index is 0.0574. The van der Waals surface area contributed by atoms with Gasteiger partial charge >= 0.3 is 0 Å². The SMILES string of the molecule is COc1cc([N+](=O)[O-])ccc1Oc1ccncc1Br. The topological polar surface area (TPSA) is 74.5 Å². The van der Waals surface area contributed by atoms with E-state index in [0.29, 0.717) is 16.0 Å². The highest BCUT2D eigenvalue weighted by Gasteiger charge is 2.13. The third kappa shape index (κ3) is 3.00. The molecule has 1 heterocycles. The molecule has 0 atom stereocenters. The molecule has 0 unspecified atom stereocenters. The molecule has 2 aromatic rings. The van der Waals surface area contributed by atoms with Crippen LogP contribution in [0, 0.1) is 10.1 Å². The molecule has 0 saturated heterocycles. The van der Waals surface area contributed by atoms with Crippen LogP contribution in [0.4, 0.5) is 5.69 Å². The maximum Gasteiger partial charge on any atom is 0.273 e. The molecule has 6 nitrogen and oxygen atoms in total. The molecule has 0 radical (unpaired) electrons. The number of pyridine rings is 1. The number of nitrogens with zero attached hydrogens (tertiary/aromatic N) is 2. The van der Waals surface area contributed by atoms with Crippen LogP contribution in [0.5, 0.6) is 17.2 Å². The number of halogens is 1. The summed E-state index contributed by atoms with van der Waals surface area (Å²) >= 11 is 3.30. The lowest BCUT2D eigenvalue weighted by molar-refractivity contribution is -0.384. The third-order valence-corrected chi connectivity index (χ3v) is 2.91. The number of ether oxygens (including phenoxy) is 2. The van der Waals surface area contributed by atoms with Gasteiger partial charge in [-0.2, -0.15) is 0 Å². The second-order valence-electron chi connectivity index (χ2n) is 3.50. The highest BCUT2D eigenvalue weighted by Crippen LogP contribution is 2.36. The van der Waals surface area contributed by atoms with Gasteiger partial charge in [0.1, 0.15) is 5.75 Å². The zero-order valence-electron chi connectivity index (χ0n) is 9.87. The zero-order valence-corrected chi connectivity index (χ0v) is 11.5. The minimum atomic E-state index is -0.491. The molecular formula is C12H9BrN2O4. The number of nitro groups is 1. The molecule has 1 aromatic carbocycles. The molecule has 0 amide bonds. The smallest absolute Gasteiger partial charge is 0.273 e. The molecule has 19 heavy (non-hydrogen) atoms. The number of aromatic nitrogens is 1. The molecule has 0 aliphatic carbocycles. The van der Waals surface area contributed by atoms with Gasteiger partial charge in [-0.05, 0) is 22.0 Å². The summed E-state index contributed by atoms with van der Waals surface area (Å²) in [4.78, 5) is 14.1. The van der Waals surface area contributed by atoms with Gasteiger partial charge in [-0.3, -0.25) is 15.1 Å². The normalized spacial score (nSPS) is 10.0. The number of rotatable bonds is 4. The van der Waals surface area contributed by atoms with E-state index in [0.717, 1.165) is 0 Å². The molecule has 98 valence electrons. The quantitative estimate of drug-likeness (QED) is 0.635. The Morgan fingerprint density at radius 2 is 2.05 bits per heavy atom. The van der Waals surface area contributed by atoms with Crippen LogP contribution in [0.1, 0.15) is 0 Å². The predicted octanol–water partition coefficient (Wildman–Crippen LogP) is 3.55. The molecule has 7 heteroatoms. The fourth-order valence-electron chi connectivity index (χ4n) is 1.42. The second-order valence-corrected chi connectivity index (χ2v) is 4.35. The Hall–Kier alpha value is -2.15. The zero-order chi connectivity index (χ0) is 13.8. The maximum atomic E-state index is 10.7. The van der Waals surface area contributed by atoms with E-state index >= 15 is 0 Å². The maximum absolute atomic E-state index is 10.7. The standard InChI is InChI=1S/C12H9BrN2O4/c1-18-12-6-8(15(16)17)2-3-11(12)19-10-4-5-14-7-9(10)13/h2-7H,1H3. The molecule has 0 spiro atoms. The number of methoxy groups -OCH3 is 1. The second kappa shape index (κ2) is 5.66. The number of hydrogen-bond acceptors (Lipinski definition) is 5. The van der Waals surface area contributed by atoms with Crippen molar-refractivity contribution in [1.82, 2.24) is 4.98 Å². The molecule has 0 saturated carbocycles. The summed E-state index contributed by atoms with van der Waals surface area (Å²) in [6.45, 7) is 0. The molecule has 0 aliphatic rings. The summed E-state index contributed by atoms with van der Waals surface area (Å²) in [7, 11) is 1.42. The van der Waals surface area contributed by atoms with E-state index in [-0.39, 0.29) is 11.4 Å². The van der Waals surface area contributed by atoms with Gasteiger partial charge in [-0.15, -0.1) is 0 Å². The lowest BCUT2D eigenvalue weighted by Gasteiger charge is -2.10. The molecule has 0 bridgehead atoms. The van der Waals surface area contributed by atoms with Crippen molar-refractivity contribution in [3.63, 3.8) is 0 Å². The Labute approximate surface area is 117 Å². The highest BCUT2D eigenvalue weighted by molar-refractivity contribution is 9.10. The summed E-state index contributed by atoms with van der Waals surface area (Å²) < 4.78 is 11.4. The summed E-state index contributed by atoms with van der Waals surface area (Å²) in [5.74, 6) is 1.22. The van der Waals surface area contributed by atoms with Crippen molar-refractivity contribution in [1.29, 1.82) is 0 Å². The molecule has 0 fully saturated rings. The van der Waals surface area contributed by atoms with Crippen LogP contribution in [0.2, 0.25) is 0 Å². The number of non-ortho nitro benzene ring substituents is 1. The first-order chi connectivity index (χ1) is 9.11. The average molecular weight is 325 g/mol. The first kappa shape index (κ1) is 13.3. The molecule has 1 aromatic heterocycles. The van der Waals surface area contributed by atoms with Gasteiger partial charge < -0.3 is 9.47 Å². The van der Waals surface area contributed by atoms with Crippen LogP contribution in [-0.2, 0) is 0 Å². The number of nitro benzene ring substituents is 1. The van der Waals surface area contributed by atoms with Crippen LogP contribution in [0.3, 0.4) is 0 Å². The van der Waals surface area contributed by atoms with Gasteiger partial charge in [-0.1, -0.05) is 0 Å². The summed E-state index contributed by atoms with van der Waals surface area (Å²) in [6.07, 6.45) is 3.17.